The largest absolute Gasteiger partial charge is 0.462 e. The number of nitriles is 2. The van der Waals surface area contributed by atoms with Crippen molar-refractivity contribution in [3.05, 3.63) is 56.3 Å². The Balaban J connectivity index is 1.78. The molecule has 8 heteroatoms. The summed E-state index contributed by atoms with van der Waals surface area (Å²) in [5, 5.41) is 19.0. The van der Waals surface area contributed by atoms with Gasteiger partial charge in [-0.05, 0) is 43.2 Å². The van der Waals surface area contributed by atoms with Crippen molar-refractivity contribution in [1.82, 2.24) is 0 Å². The lowest BCUT2D eigenvalue weighted by molar-refractivity contribution is -0.114. The van der Waals surface area contributed by atoms with Gasteiger partial charge in [0, 0.05) is 30.1 Å². The number of thiophene rings is 1. The van der Waals surface area contributed by atoms with Gasteiger partial charge in [-0.15, -0.1) is 11.3 Å². The molecule has 1 aliphatic rings. The smallest absolute Gasteiger partial charge is 0.348 e. The van der Waals surface area contributed by atoms with Crippen LogP contribution < -0.4 is 4.90 Å². The topological polar surface area (TPSA) is 103 Å². The Hall–Kier alpha value is -3.46. The molecule has 0 atom stereocenters. The van der Waals surface area contributed by atoms with Gasteiger partial charge in [0.1, 0.15) is 17.0 Å². The first-order chi connectivity index (χ1) is 15.5. The highest BCUT2D eigenvalue weighted by Gasteiger charge is 2.23. The molecule has 3 rings (SSSR count). The van der Waals surface area contributed by atoms with E-state index in [1.807, 2.05) is 30.3 Å². The first-order valence-electron chi connectivity index (χ1n) is 10.3. The summed E-state index contributed by atoms with van der Waals surface area (Å²) in [7, 11) is 0. The van der Waals surface area contributed by atoms with Crippen LogP contribution in [0.25, 0.3) is 6.08 Å². The fourth-order valence-electron chi connectivity index (χ4n) is 3.42. The Morgan fingerprint density at radius 1 is 1.22 bits per heavy atom. The Morgan fingerprint density at radius 3 is 2.50 bits per heavy atom. The number of carbonyl (C=O) groups is 2. The van der Waals surface area contributed by atoms with Gasteiger partial charge in [-0.3, -0.25) is 4.79 Å². The second kappa shape index (κ2) is 10.7. The first-order valence-corrected chi connectivity index (χ1v) is 11.1. The number of ketones is 1. The van der Waals surface area contributed by atoms with E-state index in [2.05, 4.69) is 11.0 Å². The maximum Gasteiger partial charge on any atom is 0.348 e. The van der Waals surface area contributed by atoms with E-state index in [1.54, 1.807) is 19.9 Å². The number of allylic oxidation sites excluding steroid dienone is 1. The van der Waals surface area contributed by atoms with Crippen LogP contribution in [0.4, 0.5) is 5.69 Å². The molecule has 1 fully saturated rings. The number of hydrogen-bond donors (Lipinski definition) is 0. The van der Waals surface area contributed by atoms with Crippen LogP contribution in [0.3, 0.4) is 0 Å². The summed E-state index contributed by atoms with van der Waals surface area (Å²) in [5.74, 6) is -0.917. The van der Waals surface area contributed by atoms with Gasteiger partial charge in [-0.2, -0.15) is 10.5 Å². The highest BCUT2D eigenvalue weighted by Crippen LogP contribution is 2.29. The molecule has 1 aromatic carbocycles. The lowest BCUT2D eigenvalue weighted by Crippen LogP contribution is -2.36. The van der Waals surface area contributed by atoms with Crippen LogP contribution in [0.1, 0.15) is 38.2 Å². The van der Waals surface area contributed by atoms with E-state index in [4.69, 9.17) is 9.47 Å². The van der Waals surface area contributed by atoms with Crippen LogP contribution in [-0.4, -0.2) is 44.7 Å². The van der Waals surface area contributed by atoms with Crippen molar-refractivity contribution in [3.63, 3.8) is 0 Å². The summed E-state index contributed by atoms with van der Waals surface area (Å²) in [5.41, 5.74) is 2.59. The van der Waals surface area contributed by atoms with E-state index in [9.17, 15) is 20.1 Å². The monoisotopic (exact) mass is 449 g/mol. The minimum absolute atomic E-state index is 0.00301. The fraction of sp³-hybridized carbons (Fsp3) is 0.333. The van der Waals surface area contributed by atoms with E-state index in [1.165, 1.54) is 0 Å². The third-order valence-corrected chi connectivity index (χ3v) is 6.39. The number of anilines is 1. The molecule has 1 aliphatic heterocycles. The zero-order valence-electron chi connectivity index (χ0n) is 18.0. The Morgan fingerprint density at radius 2 is 1.91 bits per heavy atom. The molecule has 0 bridgehead atoms. The predicted molar refractivity (Wildman–Crippen MR) is 122 cm³/mol. The number of nitrogens with zero attached hydrogens (tertiary/aromatic N) is 3. The molecular formula is C24H23N3O4S. The van der Waals surface area contributed by atoms with E-state index >= 15 is 0 Å². The molecule has 1 saturated heterocycles. The second-order valence-corrected chi connectivity index (χ2v) is 8.25. The van der Waals surface area contributed by atoms with Crippen molar-refractivity contribution in [2.75, 3.05) is 37.8 Å². The molecule has 0 amide bonds. The zero-order chi connectivity index (χ0) is 23.1. The van der Waals surface area contributed by atoms with Gasteiger partial charge in [0.25, 0.3) is 0 Å². The van der Waals surface area contributed by atoms with Crippen LogP contribution >= 0.6 is 11.3 Å². The third-order valence-electron chi connectivity index (χ3n) is 5.11. The predicted octanol–water partition coefficient (Wildman–Crippen LogP) is 3.66. The number of benzene rings is 1. The molecule has 2 heterocycles. The Labute approximate surface area is 191 Å². The molecular weight excluding hydrogens is 426 g/mol. The Bertz CT molecular complexity index is 1110. The van der Waals surface area contributed by atoms with Crippen LogP contribution in [-0.2, 0) is 20.7 Å². The van der Waals surface area contributed by atoms with Crippen LogP contribution in [0.15, 0.2) is 29.8 Å². The maximum absolute atomic E-state index is 12.8. The van der Waals surface area contributed by atoms with Gasteiger partial charge >= 0.3 is 5.97 Å². The quantitative estimate of drug-likeness (QED) is 0.361. The molecule has 0 aliphatic carbocycles. The number of esters is 1. The van der Waals surface area contributed by atoms with Crippen molar-refractivity contribution >= 4 is 34.9 Å². The van der Waals surface area contributed by atoms with Crippen LogP contribution in [0.5, 0.6) is 0 Å². The summed E-state index contributed by atoms with van der Waals surface area (Å²) < 4.78 is 10.4. The first kappa shape index (κ1) is 23.2. The van der Waals surface area contributed by atoms with E-state index < -0.39 is 11.8 Å². The minimum atomic E-state index is -0.512. The zero-order valence-corrected chi connectivity index (χ0v) is 18.8. The minimum Gasteiger partial charge on any atom is -0.462 e. The fourth-order valence-corrected chi connectivity index (χ4v) is 4.57. The number of ether oxygens (including phenoxy) is 2. The van der Waals surface area contributed by atoms with Gasteiger partial charge in [-0.1, -0.05) is 12.1 Å². The number of hydrogen-bond acceptors (Lipinski definition) is 8. The van der Waals surface area contributed by atoms with Crippen molar-refractivity contribution < 1.29 is 19.1 Å². The van der Waals surface area contributed by atoms with Crippen molar-refractivity contribution in [2.24, 2.45) is 0 Å². The number of carbonyl (C=O) groups excluding carboxylic acids is 2. The molecule has 0 N–H and O–H groups in total. The summed E-state index contributed by atoms with van der Waals surface area (Å²) in [6.45, 7) is 6.62. The summed E-state index contributed by atoms with van der Waals surface area (Å²) in [6, 6.07) is 11.7. The van der Waals surface area contributed by atoms with Crippen LogP contribution in [0.2, 0.25) is 0 Å². The third kappa shape index (κ3) is 5.23. The number of rotatable bonds is 7. The van der Waals surface area contributed by atoms with Crippen LogP contribution in [0, 0.1) is 29.6 Å². The SMILES string of the molecule is CCOC(=O)c1sc(CC(=O)/C(C#N)=C\c2ccc(N3CCOCC3)cc2)c(C#N)c1C. The summed E-state index contributed by atoms with van der Waals surface area (Å²) >= 11 is 1.07. The normalized spacial score (nSPS) is 13.9. The maximum atomic E-state index is 12.8. The van der Waals surface area contributed by atoms with Crippen molar-refractivity contribution in [3.8, 4) is 12.1 Å². The average molecular weight is 450 g/mol. The molecule has 2 aromatic rings. The average Bonchev–Trinajstić information content (AvgIpc) is 3.13. The number of Topliss-reactive ketones (excluding diaryl/α,β-unsaturated/α-hetero) is 1. The van der Waals surface area contributed by atoms with E-state index in [-0.39, 0.29) is 18.6 Å². The highest BCUT2D eigenvalue weighted by atomic mass is 32.1. The van der Waals surface area contributed by atoms with Crippen molar-refractivity contribution in [2.45, 2.75) is 20.3 Å². The Kier molecular flexibility index (Phi) is 7.77. The highest BCUT2D eigenvalue weighted by molar-refractivity contribution is 7.14. The van der Waals surface area contributed by atoms with Gasteiger partial charge in [0.15, 0.2) is 5.78 Å². The lowest BCUT2D eigenvalue weighted by atomic mass is 10.0. The van der Waals surface area contributed by atoms with Gasteiger partial charge in [0.2, 0.25) is 0 Å². The molecule has 0 saturated carbocycles. The van der Waals surface area contributed by atoms with Gasteiger partial charge < -0.3 is 14.4 Å². The standard InChI is InChI=1S/C24H23N3O4S/c1-3-31-24(29)23-16(2)20(15-26)22(32-23)13-21(28)18(14-25)12-17-4-6-19(7-5-17)27-8-10-30-11-9-27/h4-7,12H,3,8-11,13H2,1-2H3/b18-12-. The van der Waals surface area contributed by atoms with E-state index in [0.717, 1.165) is 35.7 Å². The molecule has 164 valence electrons. The summed E-state index contributed by atoms with van der Waals surface area (Å²) in [6.07, 6.45) is 1.42. The molecule has 0 radical (unpaired) electrons. The second-order valence-electron chi connectivity index (χ2n) is 7.15. The number of morpholine rings is 1. The van der Waals surface area contributed by atoms with E-state index in [0.29, 0.717) is 34.1 Å². The van der Waals surface area contributed by atoms with Crippen molar-refractivity contribution in [1.29, 1.82) is 10.5 Å². The molecule has 0 spiro atoms. The summed E-state index contributed by atoms with van der Waals surface area (Å²) in [4.78, 5) is 27.9. The molecule has 1 aromatic heterocycles. The van der Waals surface area contributed by atoms with Gasteiger partial charge in [-0.25, -0.2) is 4.79 Å². The molecule has 7 nitrogen and oxygen atoms in total. The van der Waals surface area contributed by atoms with Gasteiger partial charge in [0.05, 0.1) is 31.0 Å². The lowest BCUT2D eigenvalue weighted by Gasteiger charge is -2.28. The molecule has 0 unspecified atom stereocenters. The molecule has 32 heavy (non-hydrogen) atoms.